The molecule has 3 rings (SSSR count). The molecule has 0 aromatic heterocycles. The zero-order chi connectivity index (χ0) is 20.8. The lowest BCUT2D eigenvalue weighted by Gasteiger charge is -2.18. The minimum Gasteiger partial charge on any atom is -0.493 e. The SMILES string of the molecule is COc1cc2c(cc1OC)C(/C(C#[NH+])=C/C=C/c1ccc(N(C)C)cc1)=NCC2. The molecule has 0 saturated carbocycles. The van der Waals surface area contributed by atoms with Gasteiger partial charge in [0.2, 0.25) is 0 Å². The van der Waals surface area contributed by atoms with Crippen LogP contribution in [0.25, 0.3) is 6.08 Å². The highest BCUT2D eigenvalue weighted by atomic mass is 16.5. The molecule has 5 nitrogen and oxygen atoms in total. The van der Waals surface area contributed by atoms with Gasteiger partial charge in [0.15, 0.2) is 11.5 Å². The summed E-state index contributed by atoms with van der Waals surface area (Å²) in [6.07, 6.45) is 6.64. The molecule has 0 fully saturated rings. The number of hydrogen-bond acceptors (Lipinski definition) is 4. The highest BCUT2D eigenvalue weighted by Gasteiger charge is 2.22. The number of hydrogen-bond donors (Lipinski definition) is 1. The average molecular weight is 388 g/mol. The van der Waals surface area contributed by atoms with Crippen molar-refractivity contribution < 1.29 is 14.7 Å². The van der Waals surface area contributed by atoms with E-state index >= 15 is 0 Å². The molecular weight excluding hydrogens is 362 g/mol. The van der Waals surface area contributed by atoms with Crippen molar-refractivity contribution in [2.24, 2.45) is 4.99 Å². The van der Waals surface area contributed by atoms with Gasteiger partial charge in [-0.15, -0.1) is 0 Å². The molecule has 1 aliphatic rings. The molecule has 1 heterocycles. The van der Waals surface area contributed by atoms with Crippen molar-refractivity contribution in [1.29, 1.82) is 0 Å². The Morgan fingerprint density at radius 3 is 2.41 bits per heavy atom. The van der Waals surface area contributed by atoms with Crippen molar-refractivity contribution >= 4 is 17.5 Å². The monoisotopic (exact) mass is 388 g/mol. The molecule has 0 aliphatic carbocycles. The van der Waals surface area contributed by atoms with Crippen LogP contribution in [0.3, 0.4) is 0 Å². The number of nitrogens with one attached hydrogen (secondary N) is 1. The average Bonchev–Trinajstić information content (AvgIpc) is 2.75. The minimum absolute atomic E-state index is 0.638. The van der Waals surface area contributed by atoms with E-state index < -0.39 is 0 Å². The lowest BCUT2D eigenvalue weighted by Crippen LogP contribution is -2.22. The Hall–Kier alpha value is -3.52. The van der Waals surface area contributed by atoms with E-state index in [0.29, 0.717) is 23.6 Å². The lowest BCUT2D eigenvalue weighted by molar-refractivity contribution is -0.0908. The molecule has 0 spiro atoms. The molecule has 1 N–H and O–H groups in total. The van der Waals surface area contributed by atoms with Gasteiger partial charge >= 0.3 is 6.07 Å². The first-order valence-corrected chi connectivity index (χ1v) is 9.46. The zero-order valence-electron chi connectivity index (χ0n) is 17.3. The third kappa shape index (κ3) is 4.49. The third-order valence-electron chi connectivity index (χ3n) is 4.87. The number of fused-ring (bicyclic) bond motifs is 1. The van der Waals surface area contributed by atoms with Gasteiger partial charge in [0.05, 0.1) is 19.9 Å². The van der Waals surface area contributed by atoms with Crippen LogP contribution in [0.2, 0.25) is 0 Å². The predicted molar refractivity (Wildman–Crippen MR) is 117 cm³/mol. The maximum atomic E-state index is 7.78. The van der Waals surface area contributed by atoms with Gasteiger partial charge in [-0.05, 0) is 47.9 Å². The van der Waals surface area contributed by atoms with Gasteiger partial charge in [-0.2, -0.15) is 0 Å². The van der Waals surface area contributed by atoms with Gasteiger partial charge in [-0.3, -0.25) is 4.99 Å². The van der Waals surface area contributed by atoms with Gasteiger partial charge in [0.25, 0.3) is 0 Å². The van der Waals surface area contributed by atoms with Crippen molar-refractivity contribution in [3.05, 3.63) is 70.8 Å². The fraction of sp³-hybridized carbons (Fsp3) is 0.250. The van der Waals surface area contributed by atoms with Crippen molar-refractivity contribution in [1.82, 2.24) is 0 Å². The fourth-order valence-electron chi connectivity index (χ4n) is 3.27. The van der Waals surface area contributed by atoms with E-state index in [-0.39, 0.29) is 0 Å². The summed E-state index contributed by atoms with van der Waals surface area (Å²) in [5.74, 6) is 1.36. The van der Waals surface area contributed by atoms with Crippen molar-refractivity contribution in [2.45, 2.75) is 6.42 Å². The molecule has 0 radical (unpaired) electrons. The molecule has 29 heavy (non-hydrogen) atoms. The topological polar surface area (TPSA) is 57.9 Å². The summed E-state index contributed by atoms with van der Waals surface area (Å²) in [6, 6.07) is 14.8. The van der Waals surface area contributed by atoms with E-state index in [1.165, 1.54) is 0 Å². The van der Waals surface area contributed by atoms with E-state index in [0.717, 1.165) is 34.5 Å². The lowest BCUT2D eigenvalue weighted by atomic mass is 9.92. The molecule has 0 bridgehead atoms. The maximum Gasteiger partial charge on any atom is 0.310 e. The Balaban J connectivity index is 1.89. The van der Waals surface area contributed by atoms with Crippen LogP contribution in [-0.4, -0.2) is 40.6 Å². The van der Waals surface area contributed by atoms with Gasteiger partial charge in [-0.25, -0.2) is 0 Å². The Labute approximate surface area is 172 Å². The first-order chi connectivity index (χ1) is 14.1. The molecule has 148 valence electrons. The van der Waals surface area contributed by atoms with Crippen LogP contribution >= 0.6 is 0 Å². The van der Waals surface area contributed by atoms with Crippen molar-refractivity contribution in [3.8, 4) is 17.6 Å². The maximum absolute atomic E-state index is 7.78. The van der Waals surface area contributed by atoms with Gasteiger partial charge in [0, 0.05) is 31.9 Å². The Kier molecular flexibility index (Phi) is 6.36. The second-order valence-electron chi connectivity index (χ2n) is 6.90. The molecular formula is C24H26N3O2+. The highest BCUT2D eigenvalue weighted by molar-refractivity contribution is 6.16. The predicted octanol–water partition coefficient (Wildman–Crippen LogP) is 2.53. The molecule has 2 aromatic carbocycles. The fourth-order valence-corrected chi connectivity index (χ4v) is 3.27. The zero-order valence-corrected chi connectivity index (χ0v) is 17.3. The summed E-state index contributed by atoms with van der Waals surface area (Å²) in [7, 11) is 7.29. The van der Waals surface area contributed by atoms with Crippen LogP contribution in [0.5, 0.6) is 11.5 Å². The molecule has 0 unspecified atom stereocenters. The van der Waals surface area contributed by atoms with Crippen molar-refractivity contribution in [3.63, 3.8) is 0 Å². The number of aliphatic imine (C=N–C) groups is 1. The number of benzene rings is 2. The van der Waals surface area contributed by atoms with E-state index in [4.69, 9.17) is 14.7 Å². The van der Waals surface area contributed by atoms with Crippen LogP contribution in [0.15, 0.2) is 59.1 Å². The molecule has 0 amide bonds. The van der Waals surface area contributed by atoms with Crippen LogP contribution in [0.1, 0.15) is 16.7 Å². The summed E-state index contributed by atoms with van der Waals surface area (Å²) in [4.78, 5) is 6.73. The van der Waals surface area contributed by atoms with E-state index in [1.54, 1.807) is 14.2 Å². The molecule has 5 heteroatoms. The first-order valence-electron chi connectivity index (χ1n) is 9.46. The number of nitrogens with zero attached hydrogens (tertiary/aromatic N) is 2. The van der Waals surface area contributed by atoms with E-state index in [2.05, 4.69) is 40.2 Å². The second-order valence-corrected chi connectivity index (χ2v) is 6.90. The highest BCUT2D eigenvalue weighted by Crippen LogP contribution is 2.33. The molecule has 2 aromatic rings. The molecule has 1 aliphatic heterocycles. The Morgan fingerprint density at radius 2 is 1.79 bits per heavy atom. The summed E-state index contributed by atoms with van der Waals surface area (Å²) < 4.78 is 10.9. The smallest absolute Gasteiger partial charge is 0.310 e. The van der Waals surface area contributed by atoms with Gasteiger partial charge in [-0.1, -0.05) is 29.5 Å². The largest absolute Gasteiger partial charge is 0.493 e. The number of anilines is 1. The Morgan fingerprint density at radius 1 is 1.10 bits per heavy atom. The Bertz CT molecular complexity index is 1010. The summed E-state index contributed by atoms with van der Waals surface area (Å²) >= 11 is 0. The van der Waals surface area contributed by atoms with Gasteiger partial charge < -0.3 is 14.4 Å². The summed E-state index contributed by atoms with van der Waals surface area (Å²) in [6.45, 7) is 0.673. The first kappa shape index (κ1) is 20.2. The standard InChI is InChI=1S/C24H25N3O2/c1-27(2)20-10-8-17(9-11-20)6-5-7-19(16-25)24-21-15-23(29-4)22(28-3)14-18(21)12-13-26-24/h5-11,14-15H,12-13H2,1-4H3/p+1/b6-5+,19-7+. The number of ether oxygens (including phenoxy) is 2. The molecule has 0 saturated heterocycles. The van der Waals surface area contributed by atoms with Crippen LogP contribution < -0.4 is 19.6 Å². The number of rotatable bonds is 6. The minimum atomic E-state index is 0.638. The second kappa shape index (κ2) is 9.11. The van der Waals surface area contributed by atoms with E-state index in [9.17, 15) is 0 Å². The van der Waals surface area contributed by atoms with Crippen molar-refractivity contribution in [2.75, 3.05) is 39.8 Å². The normalized spacial score (nSPS) is 13.5. The quantitative estimate of drug-likeness (QED) is 0.611. The molecule has 0 atom stereocenters. The number of allylic oxidation sites excluding steroid dienone is 3. The summed E-state index contributed by atoms with van der Waals surface area (Å²) in [5.41, 5.74) is 5.74. The third-order valence-corrected chi connectivity index (χ3v) is 4.87. The number of methoxy groups -OCH3 is 2. The van der Waals surface area contributed by atoms with Gasteiger partial charge in [0.1, 0.15) is 5.57 Å². The van der Waals surface area contributed by atoms with E-state index in [1.807, 2.05) is 44.5 Å². The summed E-state index contributed by atoms with van der Waals surface area (Å²) in [5, 5.41) is 7.78. The van der Waals surface area contributed by atoms with Crippen LogP contribution in [0, 0.1) is 6.07 Å². The van der Waals surface area contributed by atoms with Crippen LogP contribution in [0.4, 0.5) is 5.69 Å². The van der Waals surface area contributed by atoms with Crippen LogP contribution in [-0.2, 0) is 6.42 Å².